The van der Waals surface area contributed by atoms with Crippen LogP contribution in [0.15, 0.2) is 35.3 Å². The van der Waals surface area contributed by atoms with Gasteiger partial charge in [-0.2, -0.15) is 0 Å². The summed E-state index contributed by atoms with van der Waals surface area (Å²) < 4.78 is 0. The fraction of sp³-hybridized carbons (Fsp3) is 0.462. The number of hydrogen-bond donors (Lipinski definition) is 1. The van der Waals surface area contributed by atoms with Gasteiger partial charge in [-0.15, -0.1) is 0 Å². The van der Waals surface area contributed by atoms with Gasteiger partial charge in [0.2, 0.25) is 0 Å². The minimum Gasteiger partial charge on any atom is -0.370 e. The van der Waals surface area contributed by atoms with Crippen molar-refractivity contribution < 1.29 is 0 Å². The average molecular weight is 219 g/mol. The van der Waals surface area contributed by atoms with Gasteiger partial charge in [0.15, 0.2) is 5.96 Å². The third-order valence-electron chi connectivity index (χ3n) is 2.60. The smallest absolute Gasteiger partial charge is 0.191 e. The van der Waals surface area contributed by atoms with Crippen LogP contribution >= 0.6 is 0 Å². The maximum absolute atomic E-state index is 5.88. The van der Waals surface area contributed by atoms with E-state index in [0.717, 1.165) is 26.1 Å². The van der Waals surface area contributed by atoms with Crippen molar-refractivity contribution in [1.29, 1.82) is 0 Å². The van der Waals surface area contributed by atoms with Gasteiger partial charge in [0.25, 0.3) is 0 Å². The van der Waals surface area contributed by atoms with E-state index < -0.39 is 0 Å². The first-order valence-corrected chi connectivity index (χ1v) is 5.86. The van der Waals surface area contributed by atoms with Crippen molar-refractivity contribution in [2.45, 2.75) is 20.3 Å². The quantitative estimate of drug-likeness (QED) is 0.607. The number of guanidine groups is 1. The Bertz CT molecular complexity index is 315. The summed E-state index contributed by atoms with van der Waals surface area (Å²) in [7, 11) is 0. The first-order chi connectivity index (χ1) is 7.77. The fourth-order valence-electron chi connectivity index (χ4n) is 1.59. The molecule has 88 valence electrons. The highest BCUT2D eigenvalue weighted by Crippen LogP contribution is 1.99. The number of nitrogens with two attached hydrogens (primary N) is 1. The molecule has 16 heavy (non-hydrogen) atoms. The minimum absolute atomic E-state index is 0.654. The molecule has 2 N–H and O–H groups in total. The topological polar surface area (TPSA) is 41.6 Å². The van der Waals surface area contributed by atoms with Crippen LogP contribution in [0.5, 0.6) is 0 Å². The van der Waals surface area contributed by atoms with Crippen LogP contribution in [0.25, 0.3) is 0 Å². The number of nitrogens with zero attached hydrogens (tertiary/aromatic N) is 2. The molecule has 1 aromatic rings. The average Bonchev–Trinajstić information content (AvgIpc) is 2.32. The molecule has 0 heterocycles. The zero-order valence-electron chi connectivity index (χ0n) is 10.2. The molecule has 0 aliphatic heterocycles. The molecule has 0 atom stereocenters. The Morgan fingerprint density at radius 1 is 1.19 bits per heavy atom. The number of hydrogen-bond acceptors (Lipinski definition) is 1. The van der Waals surface area contributed by atoms with Gasteiger partial charge < -0.3 is 10.6 Å². The van der Waals surface area contributed by atoms with Crippen LogP contribution in [-0.2, 0) is 6.42 Å². The third kappa shape index (κ3) is 3.93. The van der Waals surface area contributed by atoms with Crippen LogP contribution in [0.2, 0.25) is 0 Å². The summed E-state index contributed by atoms with van der Waals surface area (Å²) in [5, 5.41) is 0. The fourth-order valence-corrected chi connectivity index (χ4v) is 1.59. The molecule has 0 amide bonds. The van der Waals surface area contributed by atoms with Crippen LogP contribution in [-0.4, -0.2) is 30.5 Å². The van der Waals surface area contributed by atoms with Crippen LogP contribution < -0.4 is 5.73 Å². The Hall–Kier alpha value is -1.51. The minimum atomic E-state index is 0.654. The zero-order valence-corrected chi connectivity index (χ0v) is 10.2. The lowest BCUT2D eigenvalue weighted by Gasteiger charge is -2.19. The lowest BCUT2D eigenvalue weighted by Crippen LogP contribution is -2.37. The molecule has 0 bridgehead atoms. The molecular weight excluding hydrogens is 198 g/mol. The van der Waals surface area contributed by atoms with E-state index >= 15 is 0 Å². The summed E-state index contributed by atoms with van der Waals surface area (Å²) in [6.45, 7) is 6.76. The normalized spacial score (nSPS) is 11.5. The molecule has 0 saturated carbocycles. The van der Waals surface area contributed by atoms with Gasteiger partial charge in [-0.05, 0) is 25.8 Å². The van der Waals surface area contributed by atoms with E-state index in [2.05, 4.69) is 35.9 Å². The summed E-state index contributed by atoms with van der Waals surface area (Å²) in [6.07, 6.45) is 0.947. The van der Waals surface area contributed by atoms with Crippen LogP contribution in [0.4, 0.5) is 0 Å². The van der Waals surface area contributed by atoms with Crippen molar-refractivity contribution in [2.75, 3.05) is 19.6 Å². The van der Waals surface area contributed by atoms with Crippen molar-refractivity contribution >= 4 is 5.96 Å². The molecule has 1 aromatic carbocycles. The first kappa shape index (κ1) is 12.6. The van der Waals surface area contributed by atoms with Gasteiger partial charge in [0.1, 0.15) is 0 Å². The number of benzene rings is 1. The van der Waals surface area contributed by atoms with E-state index in [-0.39, 0.29) is 0 Å². The van der Waals surface area contributed by atoms with E-state index in [1.807, 2.05) is 18.2 Å². The van der Waals surface area contributed by atoms with Crippen LogP contribution in [0, 0.1) is 0 Å². The highest BCUT2D eigenvalue weighted by atomic mass is 15.2. The van der Waals surface area contributed by atoms with Crippen molar-refractivity contribution in [3.8, 4) is 0 Å². The third-order valence-corrected chi connectivity index (χ3v) is 2.60. The molecule has 0 aromatic heterocycles. The van der Waals surface area contributed by atoms with Crippen LogP contribution in [0.1, 0.15) is 19.4 Å². The summed E-state index contributed by atoms with van der Waals surface area (Å²) in [5.74, 6) is 0.654. The van der Waals surface area contributed by atoms with E-state index in [9.17, 15) is 0 Å². The highest BCUT2D eigenvalue weighted by molar-refractivity contribution is 5.77. The van der Waals surface area contributed by atoms with Gasteiger partial charge in [-0.3, -0.25) is 4.99 Å². The Morgan fingerprint density at radius 3 is 2.38 bits per heavy atom. The zero-order chi connectivity index (χ0) is 11.8. The van der Waals surface area contributed by atoms with Crippen molar-refractivity contribution in [2.24, 2.45) is 10.7 Å². The molecule has 0 spiro atoms. The number of aliphatic imine (C=N–C) groups is 1. The Kier molecular flexibility index (Phi) is 5.40. The van der Waals surface area contributed by atoms with E-state index in [1.54, 1.807) is 0 Å². The highest BCUT2D eigenvalue weighted by Gasteiger charge is 2.00. The molecule has 0 saturated heterocycles. The van der Waals surface area contributed by atoms with E-state index in [0.29, 0.717) is 5.96 Å². The summed E-state index contributed by atoms with van der Waals surface area (Å²) in [6, 6.07) is 10.4. The molecular formula is C13H21N3. The maximum Gasteiger partial charge on any atom is 0.191 e. The lowest BCUT2D eigenvalue weighted by atomic mass is 10.2. The summed E-state index contributed by atoms with van der Waals surface area (Å²) in [5.41, 5.74) is 7.18. The van der Waals surface area contributed by atoms with Gasteiger partial charge in [-0.25, -0.2) is 0 Å². The molecule has 3 nitrogen and oxygen atoms in total. The molecule has 0 radical (unpaired) electrons. The first-order valence-electron chi connectivity index (χ1n) is 5.86. The molecule has 0 fully saturated rings. The van der Waals surface area contributed by atoms with Gasteiger partial charge in [0.05, 0.1) is 0 Å². The van der Waals surface area contributed by atoms with Crippen LogP contribution in [0.3, 0.4) is 0 Å². The van der Waals surface area contributed by atoms with Crippen molar-refractivity contribution in [3.05, 3.63) is 35.9 Å². The molecule has 0 aliphatic carbocycles. The summed E-state index contributed by atoms with van der Waals surface area (Å²) in [4.78, 5) is 6.44. The second kappa shape index (κ2) is 6.88. The Labute approximate surface area is 98.0 Å². The predicted octanol–water partition coefficient (Wildman–Crippen LogP) is 1.89. The largest absolute Gasteiger partial charge is 0.370 e. The Morgan fingerprint density at radius 2 is 1.81 bits per heavy atom. The van der Waals surface area contributed by atoms with Gasteiger partial charge >= 0.3 is 0 Å². The molecule has 0 unspecified atom stereocenters. The van der Waals surface area contributed by atoms with Gasteiger partial charge in [0, 0.05) is 19.6 Å². The van der Waals surface area contributed by atoms with Crippen molar-refractivity contribution in [1.82, 2.24) is 4.90 Å². The van der Waals surface area contributed by atoms with E-state index in [1.165, 1.54) is 5.56 Å². The van der Waals surface area contributed by atoms with Crippen molar-refractivity contribution in [3.63, 3.8) is 0 Å². The second-order valence-electron chi connectivity index (χ2n) is 3.65. The monoisotopic (exact) mass is 219 g/mol. The second-order valence-corrected chi connectivity index (χ2v) is 3.65. The molecule has 3 heteroatoms. The molecule has 0 aliphatic rings. The predicted molar refractivity (Wildman–Crippen MR) is 69.6 cm³/mol. The lowest BCUT2D eigenvalue weighted by molar-refractivity contribution is 0.458. The standard InChI is InChI=1S/C13H21N3/c1-3-16(4-2)13(14)15-11-10-12-8-6-5-7-9-12/h5-9H,3-4,10-11H2,1-2H3,(H2,14,15). The Balaban J connectivity index is 2.42. The molecule has 1 rings (SSSR count). The maximum atomic E-state index is 5.88. The summed E-state index contributed by atoms with van der Waals surface area (Å²) >= 11 is 0. The number of rotatable bonds is 5. The van der Waals surface area contributed by atoms with E-state index in [4.69, 9.17) is 5.73 Å². The van der Waals surface area contributed by atoms with Gasteiger partial charge in [-0.1, -0.05) is 30.3 Å². The SMILES string of the molecule is CCN(CC)C(N)=NCCc1ccccc1.